The summed E-state index contributed by atoms with van der Waals surface area (Å²) in [5, 5.41) is 0. The topological polar surface area (TPSA) is 72.2 Å². The monoisotopic (exact) mass is 256 g/mol. The largest absolute Gasteiger partial charge is 0.395 e. The number of sulfonamides is 1. The molecule has 17 heavy (non-hydrogen) atoms. The number of hydrogen-bond acceptors (Lipinski definition) is 3. The van der Waals surface area contributed by atoms with E-state index < -0.39 is 27.6 Å². The second-order valence-electron chi connectivity index (χ2n) is 3.58. The number of hydrogen-bond donors (Lipinski definition) is 2. The van der Waals surface area contributed by atoms with E-state index in [1.54, 1.807) is 6.92 Å². The number of anilines is 1. The van der Waals surface area contributed by atoms with E-state index in [2.05, 4.69) is 10.6 Å². The summed E-state index contributed by atoms with van der Waals surface area (Å²) < 4.78 is 39.2. The predicted molar refractivity (Wildman–Crippen MR) is 64.0 cm³/mol. The minimum atomic E-state index is -3.85. The fourth-order valence-electron chi connectivity index (χ4n) is 1.30. The van der Waals surface area contributed by atoms with Crippen molar-refractivity contribution >= 4 is 15.7 Å². The highest BCUT2D eigenvalue weighted by Gasteiger charge is 2.21. The first kappa shape index (κ1) is 13.5. The minimum absolute atomic E-state index is 0.244. The molecule has 4 nitrogen and oxygen atoms in total. The third-order valence-corrected chi connectivity index (χ3v) is 3.73. The van der Waals surface area contributed by atoms with E-state index in [0.29, 0.717) is 0 Å². The molecule has 0 fully saturated rings. The van der Waals surface area contributed by atoms with Crippen molar-refractivity contribution in [2.24, 2.45) is 0 Å². The van der Waals surface area contributed by atoms with Crippen molar-refractivity contribution in [1.82, 2.24) is 4.72 Å². The van der Waals surface area contributed by atoms with E-state index in [1.807, 2.05) is 0 Å². The molecule has 0 saturated carbocycles. The summed E-state index contributed by atoms with van der Waals surface area (Å²) >= 11 is 0. The maximum absolute atomic E-state index is 13.1. The van der Waals surface area contributed by atoms with Crippen LogP contribution in [0.3, 0.4) is 0 Å². The lowest BCUT2D eigenvalue weighted by atomic mass is 10.3. The van der Waals surface area contributed by atoms with Gasteiger partial charge < -0.3 is 5.73 Å². The summed E-state index contributed by atoms with van der Waals surface area (Å²) in [6.07, 6.45) is 5.32. The average molecular weight is 256 g/mol. The fraction of sp³-hybridized carbons (Fsp3) is 0.273. The molecule has 0 amide bonds. The molecule has 0 aliphatic heterocycles. The van der Waals surface area contributed by atoms with Gasteiger partial charge >= 0.3 is 0 Å². The first-order chi connectivity index (χ1) is 7.88. The summed E-state index contributed by atoms with van der Waals surface area (Å²) in [5.74, 6) is 1.57. The van der Waals surface area contributed by atoms with Crippen LogP contribution >= 0.6 is 0 Å². The molecule has 1 aromatic rings. The molecule has 0 aromatic heterocycles. The molecule has 1 aromatic carbocycles. The van der Waals surface area contributed by atoms with Gasteiger partial charge in [-0.15, -0.1) is 12.3 Å². The van der Waals surface area contributed by atoms with Crippen LogP contribution in [0.2, 0.25) is 0 Å². The molecule has 6 heteroatoms. The minimum Gasteiger partial charge on any atom is -0.395 e. The molecule has 0 heterocycles. The van der Waals surface area contributed by atoms with Crippen LogP contribution in [-0.4, -0.2) is 14.5 Å². The number of rotatable bonds is 4. The lowest BCUT2D eigenvalue weighted by molar-refractivity contribution is 0.562. The molecule has 1 unspecified atom stereocenters. The van der Waals surface area contributed by atoms with Crippen LogP contribution in [0.15, 0.2) is 23.1 Å². The zero-order chi connectivity index (χ0) is 13.1. The summed E-state index contributed by atoms with van der Waals surface area (Å²) in [6.45, 7) is 1.62. The average Bonchev–Trinajstić information content (AvgIpc) is 2.21. The van der Waals surface area contributed by atoms with Gasteiger partial charge in [-0.1, -0.05) is 6.07 Å². The Morgan fingerprint density at radius 2 is 2.24 bits per heavy atom. The highest BCUT2D eigenvalue weighted by atomic mass is 32.2. The van der Waals surface area contributed by atoms with E-state index in [4.69, 9.17) is 12.2 Å². The second kappa shape index (κ2) is 5.17. The molecule has 0 aliphatic carbocycles. The quantitative estimate of drug-likeness (QED) is 0.626. The smallest absolute Gasteiger partial charge is 0.242 e. The second-order valence-corrected chi connectivity index (χ2v) is 5.26. The van der Waals surface area contributed by atoms with Gasteiger partial charge in [0.15, 0.2) is 0 Å². The molecule has 0 saturated heterocycles. The van der Waals surface area contributed by atoms with E-state index in [0.717, 1.165) is 6.07 Å². The van der Waals surface area contributed by atoms with Gasteiger partial charge in [0.05, 0.1) is 5.69 Å². The molecule has 1 rings (SSSR count). The molecular formula is C11H13FN2O2S. The number of benzene rings is 1. The van der Waals surface area contributed by atoms with Gasteiger partial charge in [0.25, 0.3) is 0 Å². The zero-order valence-electron chi connectivity index (χ0n) is 9.27. The Bertz CT molecular complexity index is 549. The molecule has 1 atom stereocenters. The van der Waals surface area contributed by atoms with Gasteiger partial charge in [-0.3, -0.25) is 0 Å². The molecule has 92 valence electrons. The predicted octanol–water partition coefficient (Wildman–Crippen LogP) is 1.10. The number of para-hydroxylation sites is 1. The molecule has 3 N–H and O–H groups in total. The molecular weight excluding hydrogens is 243 g/mol. The van der Waals surface area contributed by atoms with Crippen molar-refractivity contribution < 1.29 is 12.8 Å². The highest BCUT2D eigenvalue weighted by Crippen LogP contribution is 2.21. The van der Waals surface area contributed by atoms with E-state index >= 15 is 0 Å². The highest BCUT2D eigenvalue weighted by molar-refractivity contribution is 7.89. The van der Waals surface area contributed by atoms with Gasteiger partial charge in [-0.05, 0) is 19.1 Å². The SMILES string of the molecule is C#CCC(C)NS(=O)(=O)c1cccc(F)c1N. The molecule has 0 radical (unpaired) electrons. The van der Waals surface area contributed by atoms with Gasteiger partial charge in [0, 0.05) is 12.5 Å². The maximum Gasteiger partial charge on any atom is 0.242 e. The summed E-state index contributed by atoms with van der Waals surface area (Å²) in [4.78, 5) is -0.277. The van der Waals surface area contributed by atoms with Crippen LogP contribution < -0.4 is 10.5 Å². The Labute approximate surface area is 100 Å². The van der Waals surface area contributed by atoms with Gasteiger partial charge in [-0.25, -0.2) is 17.5 Å². The third kappa shape index (κ3) is 3.19. The molecule has 0 bridgehead atoms. The van der Waals surface area contributed by atoms with Crippen molar-refractivity contribution in [3.63, 3.8) is 0 Å². The molecule has 0 spiro atoms. The van der Waals surface area contributed by atoms with Crippen LogP contribution in [-0.2, 0) is 10.0 Å². The summed E-state index contributed by atoms with van der Waals surface area (Å²) in [7, 11) is -3.85. The van der Waals surface area contributed by atoms with Gasteiger partial charge in [0.2, 0.25) is 10.0 Å². The Hall–Kier alpha value is -1.58. The van der Waals surface area contributed by atoms with Crippen LogP contribution in [0.1, 0.15) is 13.3 Å². The van der Waals surface area contributed by atoms with Crippen LogP contribution in [0.5, 0.6) is 0 Å². The zero-order valence-corrected chi connectivity index (χ0v) is 10.1. The van der Waals surface area contributed by atoms with Crippen molar-refractivity contribution in [2.45, 2.75) is 24.3 Å². The lowest BCUT2D eigenvalue weighted by Gasteiger charge is -2.13. The van der Waals surface area contributed by atoms with Gasteiger partial charge in [-0.2, -0.15) is 0 Å². The van der Waals surface area contributed by atoms with E-state index in [-0.39, 0.29) is 11.3 Å². The number of nitrogens with one attached hydrogen (secondary N) is 1. The number of nitrogens with two attached hydrogens (primary N) is 1. The fourth-order valence-corrected chi connectivity index (χ4v) is 2.68. The van der Waals surface area contributed by atoms with Crippen LogP contribution in [0, 0.1) is 18.2 Å². The van der Waals surface area contributed by atoms with Crippen molar-refractivity contribution in [2.75, 3.05) is 5.73 Å². The Balaban J connectivity index is 3.07. The lowest BCUT2D eigenvalue weighted by Crippen LogP contribution is -2.32. The standard InChI is InChI=1S/C11H13FN2O2S/c1-3-5-8(2)14-17(15,16)10-7-4-6-9(12)11(10)13/h1,4,6-8,14H,5,13H2,2H3. The third-order valence-electron chi connectivity index (χ3n) is 2.08. The number of terminal acetylenes is 1. The van der Waals surface area contributed by atoms with Gasteiger partial charge in [0.1, 0.15) is 10.7 Å². The summed E-state index contributed by atoms with van der Waals surface area (Å²) in [6, 6.07) is 3.18. The first-order valence-electron chi connectivity index (χ1n) is 4.88. The summed E-state index contributed by atoms with van der Waals surface area (Å²) in [5.41, 5.74) is 4.99. The Kier molecular flexibility index (Phi) is 4.10. The van der Waals surface area contributed by atoms with E-state index in [1.165, 1.54) is 12.1 Å². The normalized spacial score (nSPS) is 13.0. The number of halogens is 1. The van der Waals surface area contributed by atoms with Crippen molar-refractivity contribution in [3.8, 4) is 12.3 Å². The number of nitrogen functional groups attached to an aromatic ring is 1. The maximum atomic E-state index is 13.1. The Morgan fingerprint density at radius 3 is 2.82 bits per heavy atom. The van der Waals surface area contributed by atoms with Crippen molar-refractivity contribution in [1.29, 1.82) is 0 Å². The van der Waals surface area contributed by atoms with E-state index in [9.17, 15) is 12.8 Å². The van der Waals surface area contributed by atoms with Crippen molar-refractivity contribution in [3.05, 3.63) is 24.0 Å². The van der Waals surface area contributed by atoms with Crippen LogP contribution in [0.25, 0.3) is 0 Å². The molecule has 0 aliphatic rings. The first-order valence-corrected chi connectivity index (χ1v) is 6.36. The van der Waals surface area contributed by atoms with Crippen LogP contribution in [0.4, 0.5) is 10.1 Å². The Morgan fingerprint density at radius 1 is 1.59 bits per heavy atom.